The van der Waals surface area contributed by atoms with Crippen molar-refractivity contribution in [3.63, 3.8) is 0 Å². The second-order valence-corrected chi connectivity index (χ2v) is 3.47. The van der Waals surface area contributed by atoms with Gasteiger partial charge in [-0.15, -0.1) is 0 Å². The summed E-state index contributed by atoms with van der Waals surface area (Å²) in [5, 5.41) is 9.25. The number of aliphatic hydroxyl groups excluding tert-OH is 1. The zero-order chi connectivity index (χ0) is 11.6. The van der Waals surface area contributed by atoms with Crippen LogP contribution in [0.1, 0.15) is 31.2 Å². The molecule has 84 valence electrons. The molecule has 1 N–H and O–H groups in total. The van der Waals surface area contributed by atoms with Crippen LogP contribution in [0.3, 0.4) is 0 Å². The smallest absolute Gasteiger partial charge is 0.393 e. The Morgan fingerprint density at radius 2 is 1.87 bits per heavy atom. The molecule has 1 rings (SSSR count). The van der Waals surface area contributed by atoms with Gasteiger partial charge in [-0.2, -0.15) is 13.2 Å². The van der Waals surface area contributed by atoms with E-state index in [4.69, 9.17) is 0 Å². The van der Waals surface area contributed by atoms with Crippen LogP contribution in [0.25, 0.3) is 0 Å². The molecule has 0 aliphatic carbocycles. The largest absolute Gasteiger partial charge is 0.433 e. The summed E-state index contributed by atoms with van der Waals surface area (Å²) in [4.78, 5) is 3.48. The Kier molecular flexibility index (Phi) is 3.34. The van der Waals surface area contributed by atoms with E-state index in [9.17, 15) is 18.3 Å². The summed E-state index contributed by atoms with van der Waals surface area (Å²) in [7, 11) is 0. The lowest BCUT2D eigenvalue weighted by Crippen LogP contribution is -2.15. The molecule has 1 aromatic heterocycles. The van der Waals surface area contributed by atoms with Gasteiger partial charge < -0.3 is 5.11 Å². The molecular formula is C10H12F3NO. The number of pyridine rings is 1. The molecule has 0 spiro atoms. The van der Waals surface area contributed by atoms with Crippen molar-refractivity contribution in [3.8, 4) is 0 Å². The zero-order valence-corrected chi connectivity index (χ0v) is 8.42. The van der Waals surface area contributed by atoms with E-state index in [2.05, 4.69) is 4.98 Å². The first-order valence-electron chi connectivity index (χ1n) is 4.54. The van der Waals surface area contributed by atoms with Gasteiger partial charge in [0, 0.05) is 11.6 Å². The Bertz CT molecular complexity index is 336. The van der Waals surface area contributed by atoms with Gasteiger partial charge in [0.05, 0.1) is 6.10 Å². The van der Waals surface area contributed by atoms with Gasteiger partial charge in [-0.1, -0.05) is 13.0 Å². The Morgan fingerprint density at radius 1 is 1.27 bits per heavy atom. The standard InChI is InChI=1S/C10H12F3NO/c1-6(7(2)15)8-4-3-5-9(14-8)10(11,12)13/h3-7,15H,1-2H3. The molecule has 1 aromatic rings. The van der Waals surface area contributed by atoms with Gasteiger partial charge in [-0.05, 0) is 19.1 Å². The van der Waals surface area contributed by atoms with Crippen molar-refractivity contribution in [1.82, 2.24) is 4.98 Å². The normalized spacial score (nSPS) is 16.1. The minimum Gasteiger partial charge on any atom is -0.393 e. The third-order valence-corrected chi connectivity index (χ3v) is 2.25. The predicted molar refractivity (Wildman–Crippen MR) is 49.3 cm³/mol. The molecule has 1 heterocycles. The van der Waals surface area contributed by atoms with Crippen LogP contribution in [0.2, 0.25) is 0 Å². The number of hydrogen-bond donors (Lipinski definition) is 1. The fraction of sp³-hybridized carbons (Fsp3) is 0.500. The fourth-order valence-corrected chi connectivity index (χ4v) is 1.11. The topological polar surface area (TPSA) is 33.1 Å². The average Bonchev–Trinajstić information content (AvgIpc) is 2.15. The van der Waals surface area contributed by atoms with Gasteiger partial charge in [0.1, 0.15) is 5.69 Å². The third kappa shape index (κ3) is 2.92. The maximum absolute atomic E-state index is 12.3. The van der Waals surface area contributed by atoms with Crippen molar-refractivity contribution in [2.24, 2.45) is 0 Å². The van der Waals surface area contributed by atoms with Crippen molar-refractivity contribution >= 4 is 0 Å². The summed E-state index contributed by atoms with van der Waals surface area (Å²) >= 11 is 0. The maximum Gasteiger partial charge on any atom is 0.433 e. The van der Waals surface area contributed by atoms with Crippen molar-refractivity contribution in [2.75, 3.05) is 0 Å². The molecule has 0 radical (unpaired) electrons. The summed E-state index contributed by atoms with van der Waals surface area (Å²) in [6, 6.07) is 3.69. The molecule has 2 atom stereocenters. The van der Waals surface area contributed by atoms with E-state index in [0.29, 0.717) is 0 Å². The van der Waals surface area contributed by atoms with Crippen molar-refractivity contribution in [2.45, 2.75) is 32.0 Å². The number of rotatable bonds is 2. The second kappa shape index (κ2) is 4.18. The van der Waals surface area contributed by atoms with Crippen LogP contribution in [-0.4, -0.2) is 16.2 Å². The van der Waals surface area contributed by atoms with Crippen LogP contribution in [0, 0.1) is 0 Å². The van der Waals surface area contributed by atoms with E-state index in [0.717, 1.165) is 6.07 Å². The molecule has 0 saturated heterocycles. The van der Waals surface area contributed by atoms with E-state index in [1.54, 1.807) is 6.92 Å². The number of aromatic nitrogens is 1. The summed E-state index contributed by atoms with van der Waals surface area (Å²) in [6.07, 6.45) is -5.16. The summed E-state index contributed by atoms with van der Waals surface area (Å²) < 4.78 is 36.9. The Labute approximate surface area is 85.8 Å². The molecule has 0 aliphatic rings. The van der Waals surface area contributed by atoms with Crippen molar-refractivity contribution in [3.05, 3.63) is 29.6 Å². The molecule has 0 fully saturated rings. The monoisotopic (exact) mass is 219 g/mol. The zero-order valence-electron chi connectivity index (χ0n) is 8.42. The molecule has 15 heavy (non-hydrogen) atoms. The van der Waals surface area contributed by atoms with Crippen molar-refractivity contribution in [1.29, 1.82) is 0 Å². The van der Waals surface area contributed by atoms with Gasteiger partial charge in [-0.25, -0.2) is 4.98 Å². The first kappa shape index (κ1) is 12.0. The number of halogens is 3. The van der Waals surface area contributed by atoms with Gasteiger partial charge in [0.15, 0.2) is 0 Å². The van der Waals surface area contributed by atoms with Gasteiger partial charge in [0.2, 0.25) is 0 Å². The molecular weight excluding hydrogens is 207 g/mol. The predicted octanol–water partition coefficient (Wildman–Crippen LogP) is 2.58. The minimum atomic E-state index is -4.44. The molecule has 0 amide bonds. The first-order chi connectivity index (χ1) is 6.82. The first-order valence-corrected chi connectivity index (χ1v) is 4.54. The van der Waals surface area contributed by atoms with Crippen molar-refractivity contribution < 1.29 is 18.3 Å². The maximum atomic E-state index is 12.3. The highest BCUT2D eigenvalue weighted by Gasteiger charge is 2.32. The van der Waals surface area contributed by atoms with Crippen LogP contribution in [0.5, 0.6) is 0 Å². The Hall–Kier alpha value is -1.10. The van der Waals surface area contributed by atoms with Crippen LogP contribution in [0.15, 0.2) is 18.2 Å². The number of nitrogens with zero attached hydrogens (tertiary/aromatic N) is 1. The summed E-state index contributed by atoms with van der Waals surface area (Å²) in [5.41, 5.74) is -0.674. The van der Waals surface area contributed by atoms with E-state index in [-0.39, 0.29) is 5.69 Å². The van der Waals surface area contributed by atoms with Crippen LogP contribution < -0.4 is 0 Å². The lowest BCUT2D eigenvalue weighted by atomic mass is 10.0. The lowest BCUT2D eigenvalue weighted by molar-refractivity contribution is -0.141. The number of hydrogen-bond acceptors (Lipinski definition) is 2. The second-order valence-electron chi connectivity index (χ2n) is 3.47. The van der Waals surface area contributed by atoms with Crippen LogP contribution in [0.4, 0.5) is 13.2 Å². The van der Waals surface area contributed by atoms with E-state index in [1.165, 1.54) is 19.1 Å². The van der Waals surface area contributed by atoms with E-state index < -0.39 is 23.9 Å². The SMILES string of the molecule is CC(O)C(C)c1cccc(C(F)(F)F)n1. The third-order valence-electron chi connectivity index (χ3n) is 2.25. The summed E-state index contributed by atoms with van der Waals surface area (Å²) in [6.45, 7) is 3.15. The highest BCUT2D eigenvalue weighted by molar-refractivity contribution is 5.17. The molecule has 0 bridgehead atoms. The quantitative estimate of drug-likeness (QED) is 0.829. The molecule has 0 aromatic carbocycles. The van der Waals surface area contributed by atoms with Crippen LogP contribution in [-0.2, 0) is 6.18 Å². The lowest BCUT2D eigenvalue weighted by Gasteiger charge is -2.15. The average molecular weight is 219 g/mol. The molecule has 2 nitrogen and oxygen atoms in total. The summed E-state index contributed by atoms with van der Waals surface area (Å²) in [5.74, 6) is -0.410. The number of aliphatic hydroxyl groups is 1. The molecule has 5 heteroatoms. The highest BCUT2D eigenvalue weighted by atomic mass is 19.4. The van der Waals surface area contributed by atoms with Crippen LogP contribution >= 0.6 is 0 Å². The number of alkyl halides is 3. The fourth-order valence-electron chi connectivity index (χ4n) is 1.11. The Morgan fingerprint density at radius 3 is 2.33 bits per heavy atom. The minimum absolute atomic E-state index is 0.250. The molecule has 0 saturated carbocycles. The highest BCUT2D eigenvalue weighted by Crippen LogP contribution is 2.28. The van der Waals surface area contributed by atoms with Gasteiger partial charge >= 0.3 is 6.18 Å². The molecule has 2 unspecified atom stereocenters. The Balaban J connectivity index is 3.03. The van der Waals surface area contributed by atoms with E-state index >= 15 is 0 Å². The van der Waals surface area contributed by atoms with Gasteiger partial charge in [0.25, 0.3) is 0 Å². The molecule has 0 aliphatic heterocycles. The van der Waals surface area contributed by atoms with Gasteiger partial charge in [-0.3, -0.25) is 0 Å². The van der Waals surface area contributed by atoms with E-state index in [1.807, 2.05) is 0 Å².